The summed E-state index contributed by atoms with van der Waals surface area (Å²) in [6, 6.07) is 3.82. The van der Waals surface area contributed by atoms with E-state index in [1.165, 1.54) is 0 Å². The van der Waals surface area contributed by atoms with Crippen molar-refractivity contribution in [3.05, 3.63) is 23.3 Å². The molecule has 4 heteroatoms. The molecule has 0 atom stereocenters. The van der Waals surface area contributed by atoms with Gasteiger partial charge in [0.2, 0.25) is 0 Å². The number of anilines is 1. The number of hydrogen-bond acceptors (Lipinski definition) is 3. The van der Waals surface area contributed by atoms with Crippen molar-refractivity contribution in [1.82, 2.24) is 0 Å². The van der Waals surface area contributed by atoms with E-state index in [1.54, 1.807) is 7.11 Å². The first-order valence-electron chi connectivity index (χ1n) is 5.25. The topological polar surface area (TPSA) is 49.8 Å². The van der Waals surface area contributed by atoms with Gasteiger partial charge in [-0.1, -0.05) is 6.07 Å². The van der Waals surface area contributed by atoms with E-state index in [0.29, 0.717) is 0 Å². The number of benzene rings is 1. The molecule has 4 nitrogen and oxygen atoms in total. The molecule has 86 valence electrons. The minimum Gasteiger partial charge on any atom is -0.496 e. The average Bonchev–Trinajstić information content (AvgIpc) is 2.59. The van der Waals surface area contributed by atoms with Crippen LogP contribution in [0.2, 0.25) is 0 Å². The lowest BCUT2D eigenvalue weighted by atomic mass is 10.0. The molecule has 0 unspecified atom stereocenters. The Morgan fingerprint density at radius 1 is 1.56 bits per heavy atom. The number of carboxylic acids is 1. The minimum atomic E-state index is -0.829. The summed E-state index contributed by atoms with van der Waals surface area (Å²) < 4.78 is 5.35. The van der Waals surface area contributed by atoms with Crippen molar-refractivity contribution in [3.8, 4) is 5.75 Å². The van der Waals surface area contributed by atoms with Gasteiger partial charge in [-0.2, -0.15) is 0 Å². The second kappa shape index (κ2) is 4.04. The molecule has 0 amide bonds. The summed E-state index contributed by atoms with van der Waals surface area (Å²) in [6.07, 6.45) is 0.933. The van der Waals surface area contributed by atoms with Crippen molar-refractivity contribution < 1.29 is 14.6 Å². The third-order valence-electron chi connectivity index (χ3n) is 2.97. The van der Waals surface area contributed by atoms with E-state index < -0.39 is 5.97 Å². The van der Waals surface area contributed by atoms with Crippen LogP contribution >= 0.6 is 0 Å². The van der Waals surface area contributed by atoms with E-state index in [0.717, 1.165) is 35.5 Å². The van der Waals surface area contributed by atoms with E-state index in [-0.39, 0.29) is 6.42 Å². The zero-order valence-electron chi connectivity index (χ0n) is 9.49. The van der Waals surface area contributed by atoms with Gasteiger partial charge in [-0.05, 0) is 12.5 Å². The van der Waals surface area contributed by atoms with Crippen molar-refractivity contribution in [3.63, 3.8) is 0 Å². The molecule has 1 N–H and O–H groups in total. The molecular formula is C12H15NO3. The Morgan fingerprint density at radius 2 is 2.31 bits per heavy atom. The van der Waals surface area contributed by atoms with Crippen LogP contribution in [-0.2, 0) is 17.6 Å². The summed E-state index contributed by atoms with van der Waals surface area (Å²) in [6.45, 7) is 0.961. The number of ether oxygens (including phenoxy) is 1. The van der Waals surface area contributed by atoms with Crippen molar-refractivity contribution in [1.29, 1.82) is 0 Å². The Morgan fingerprint density at radius 3 is 2.94 bits per heavy atom. The van der Waals surface area contributed by atoms with Gasteiger partial charge in [0, 0.05) is 30.4 Å². The first-order chi connectivity index (χ1) is 7.63. The summed E-state index contributed by atoms with van der Waals surface area (Å²) in [5.74, 6) is -0.0890. The third-order valence-corrected chi connectivity index (χ3v) is 2.97. The van der Waals surface area contributed by atoms with Crippen molar-refractivity contribution in [2.45, 2.75) is 12.8 Å². The van der Waals surface area contributed by atoms with Gasteiger partial charge in [-0.25, -0.2) is 0 Å². The van der Waals surface area contributed by atoms with E-state index in [1.807, 2.05) is 19.2 Å². The van der Waals surface area contributed by atoms with Crippen LogP contribution in [0.3, 0.4) is 0 Å². The maximum Gasteiger partial charge on any atom is 0.307 e. The number of rotatable bonds is 3. The van der Waals surface area contributed by atoms with Gasteiger partial charge >= 0.3 is 5.97 Å². The number of carbonyl (C=O) groups is 1. The molecule has 1 aliphatic heterocycles. The van der Waals surface area contributed by atoms with Crippen LogP contribution in [0.15, 0.2) is 12.1 Å². The number of likely N-dealkylation sites (N-methyl/N-ethyl adjacent to an activating group) is 1. The first-order valence-corrected chi connectivity index (χ1v) is 5.25. The summed E-state index contributed by atoms with van der Waals surface area (Å²) in [5.41, 5.74) is 3.03. The molecule has 16 heavy (non-hydrogen) atoms. The number of hydrogen-bond donors (Lipinski definition) is 1. The highest BCUT2D eigenvalue weighted by atomic mass is 16.5. The smallest absolute Gasteiger partial charge is 0.307 e. The van der Waals surface area contributed by atoms with Gasteiger partial charge in [-0.15, -0.1) is 0 Å². The first kappa shape index (κ1) is 10.8. The molecule has 1 heterocycles. The molecular weight excluding hydrogens is 206 g/mol. The van der Waals surface area contributed by atoms with Crippen LogP contribution in [0.25, 0.3) is 0 Å². The largest absolute Gasteiger partial charge is 0.496 e. The normalized spacial score (nSPS) is 13.8. The predicted octanol–water partition coefficient (Wildman–Crippen LogP) is 1.31. The fraction of sp³-hybridized carbons (Fsp3) is 0.417. The molecule has 0 aliphatic carbocycles. The Hall–Kier alpha value is -1.71. The summed E-state index contributed by atoms with van der Waals surface area (Å²) in [5, 5.41) is 8.82. The quantitative estimate of drug-likeness (QED) is 0.836. The Kier molecular flexibility index (Phi) is 2.73. The highest BCUT2D eigenvalue weighted by Gasteiger charge is 2.22. The van der Waals surface area contributed by atoms with Crippen molar-refractivity contribution in [2.24, 2.45) is 0 Å². The summed E-state index contributed by atoms with van der Waals surface area (Å²) in [4.78, 5) is 12.9. The SMILES string of the molecule is COc1c(CC(=O)O)ccc2c1CCN2C. The average molecular weight is 221 g/mol. The number of nitrogens with zero attached hydrogens (tertiary/aromatic N) is 1. The molecule has 0 bridgehead atoms. The predicted molar refractivity (Wildman–Crippen MR) is 61.3 cm³/mol. The molecule has 1 aliphatic rings. The highest BCUT2D eigenvalue weighted by Crippen LogP contribution is 2.37. The third kappa shape index (κ3) is 1.71. The van der Waals surface area contributed by atoms with E-state index in [4.69, 9.17) is 9.84 Å². The van der Waals surface area contributed by atoms with Crippen LogP contribution in [0, 0.1) is 0 Å². The lowest BCUT2D eigenvalue weighted by Gasteiger charge is -2.15. The van der Waals surface area contributed by atoms with Crippen LogP contribution in [0.5, 0.6) is 5.75 Å². The molecule has 2 rings (SSSR count). The molecule has 0 aromatic heterocycles. The number of aliphatic carboxylic acids is 1. The van der Waals surface area contributed by atoms with Gasteiger partial charge in [0.15, 0.2) is 0 Å². The standard InChI is InChI=1S/C12H15NO3/c1-13-6-5-9-10(13)4-3-8(7-11(14)15)12(9)16-2/h3-4H,5-7H2,1-2H3,(H,14,15). The zero-order valence-corrected chi connectivity index (χ0v) is 9.49. The second-order valence-electron chi connectivity index (χ2n) is 4.00. The van der Waals surface area contributed by atoms with Crippen LogP contribution in [-0.4, -0.2) is 31.8 Å². The van der Waals surface area contributed by atoms with Crippen LogP contribution in [0.4, 0.5) is 5.69 Å². The Bertz CT molecular complexity index is 429. The van der Waals surface area contributed by atoms with E-state index in [2.05, 4.69) is 4.90 Å². The van der Waals surface area contributed by atoms with Gasteiger partial charge in [0.1, 0.15) is 5.75 Å². The van der Waals surface area contributed by atoms with Crippen LogP contribution < -0.4 is 9.64 Å². The number of methoxy groups -OCH3 is 1. The lowest BCUT2D eigenvalue weighted by molar-refractivity contribution is -0.136. The summed E-state index contributed by atoms with van der Waals surface area (Å²) in [7, 11) is 3.63. The molecule has 0 saturated heterocycles. The molecule has 0 radical (unpaired) electrons. The van der Waals surface area contributed by atoms with Crippen LogP contribution in [0.1, 0.15) is 11.1 Å². The van der Waals surface area contributed by atoms with Crippen molar-refractivity contribution >= 4 is 11.7 Å². The van der Waals surface area contributed by atoms with Gasteiger partial charge in [0.05, 0.1) is 13.5 Å². The van der Waals surface area contributed by atoms with Gasteiger partial charge in [0.25, 0.3) is 0 Å². The number of carboxylic acid groups (broad SMARTS) is 1. The van der Waals surface area contributed by atoms with E-state index >= 15 is 0 Å². The molecule has 1 aromatic carbocycles. The highest BCUT2D eigenvalue weighted by molar-refractivity contribution is 5.74. The molecule has 0 saturated carbocycles. The maximum absolute atomic E-state index is 10.7. The van der Waals surface area contributed by atoms with Gasteiger partial charge < -0.3 is 14.7 Å². The molecule has 1 aromatic rings. The van der Waals surface area contributed by atoms with E-state index in [9.17, 15) is 4.79 Å². The Balaban J connectivity index is 2.46. The summed E-state index contributed by atoms with van der Waals surface area (Å²) >= 11 is 0. The molecule has 0 spiro atoms. The number of fused-ring (bicyclic) bond motifs is 1. The second-order valence-corrected chi connectivity index (χ2v) is 4.00. The zero-order chi connectivity index (χ0) is 11.7. The monoisotopic (exact) mass is 221 g/mol. The Labute approximate surface area is 94.4 Å². The fourth-order valence-corrected chi connectivity index (χ4v) is 2.22. The fourth-order valence-electron chi connectivity index (χ4n) is 2.22. The molecule has 0 fully saturated rings. The van der Waals surface area contributed by atoms with Gasteiger partial charge in [-0.3, -0.25) is 4.79 Å². The lowest BCUT2D eigenvalue weighted by Crippen LogP contribution is -2.12. The maximum atomic E-state index is 10.7. The van der Waals surface area contributed by atoms with Crippen molar-refractivity contribution in [2.75, 3.05) is 25.6 Å². The minimum absolute atomic E-state index is 0.0141.